The molecule has 1 aromatic carbocycles. The number of aryl methyl sites for hydroxylation is 1. The van der Waals surface area contributed by atoms with Crippen LogP contribution in [0.1, 0.15) is 37.3 Å². The molecule has 0 spiro atoms. The second kappa shape index (κ2) is 7.16. The summed E-state index contributed by atoms with van der Waals surface area (Å²) in [6.45, 7) is 1.77. The summed E-state index contributed by atoms with van der Waals surface area (Å²) in [5, 5.41) is 0. The highest BCUT2D eigenvalue weighted by atomic mass is 19.4. The third-order valence-electron chi connectivity index (χ3n) is 2.70. The van der Waals surface area contributed by atoms with E-state index in [2.05, 4.69) is 0 Å². The van der Waals surface area contributed by atoms with Gasteiger partial charge in [-0.3, -0.25) is 4.79 Å². The number of benzene rings is 1. The van der Waals surface area contributed by atoms with Gasteiger partial charge in [-0.15, -0.1) is 0 Å². The van der Waals surface area contributed by atoms with Gasteiger partial charge < -0.3 is 4.74 Å². The van der Waals surface area contributed by atoms with Crippen LogP contribution < -0.4 is 0 Å². The van der Waals surface area contributed by atoms with Crippen LogP contribution in [-0.2, 0) is 22.1 Å². The first kappa shape index (κ1) is 15.5. The van der Waals surface area contributed by atoms with Gasteiger partial charge in [0.15, 0.2) is 0 Å². The number of rotatable bonds is 6. The molecule has 1 rings (SSSR count). The Bertz CT molecular complexity index is 396. The van der Waals surface area contributed by atoms with E-state index in [0.717, 1.165) is 43.4 Å². The Kier molecular flexibility index (Phi) is 5.86. The molecule has 0 aliphatic carbocycles. The van der Waals surface area contributed by atoms with E-state index >= 15 is 0 Å². The van der Waals surface area contributed by atoms with Gasteiger partial charge in [0, 0.05) is 6.92 Å². The van der Waals surface area contributed by atoms with Crippen molar-refractivity contribution in [2.24, 2.45) is 0 Å². The van der Waals surface area contributed by atoms with Crippen LogP contribution in [0.3, 0.4) is 0 Å². The van der Waals surface area contributed by atoms with Crippen LogP contribution in [-0.4, -0.2) is 12.6 Å². The lowest BCUT2D eigenvalue weighted by Gasteiger charge is -2.07. The van der Waals surface area contributed by atoms with E-state index in [1.807, 2.05) is 0 Å². The van der Waals surface area contributed by atoms with Crippen LogP contribution in [0.25, 0.3) is 0 Å². The van der Waals surface area contributed by atoms with Crippen LogP contribution in [0.15, 0.2) is 24.3 Å². The van der Waals surface area contributed by atoms with E-state index in [0.29, 0.717) is 6.61 Å². The van der Waals surface area contributed by atoms with Gasteiger partial charge in [0.25, 0.3) is 0 Å². The lowest BCUT2D eigenvalue weighted by Crippen LogP contribution is -2.04. The van der Waals surface area contributed by atoms with E-state index in [-0.39, 0.29) is 5.97 Å². The lowest BCUT2D eigenvalue weighted by molar-refractivity contribution is -0.141. The lowest BCUT2D eigenvalue weighted by atomic mass is 10.1. The van der Waals surface area contributed by atoms with Crippen LogP contribution in [0.2, 0.25) is 0 Å². The zero-order chi connectivity index (χ0) is 14.3. The normalized spacial score (nSPS) is 11.4. The molecule has 5 heteroatoms. The SMILES string of the molecule is CC(=O)OCCCCCc1ccc(C(F)(F)F)cc1. The molecular weight excluding hydrogens is 257 g/mol. The molecule has 0 aromatic heterocycles. The maximum Gasteiger partial charge on any atom is 0.416 e. The predicted octanol–water partition coefficient (Wildman–Crippen LogP) is 3.98. The van der Waals surface area contributed by atoms with Crippen molar-refractivity contribution in [3.8, 4) is 0 Å². The number of alkyl halides is 3. The summed E-state index contributed by atoms with van der Waals surface area (Å²) >= 11 is 0. The van der Waals surface area contributed by atoms with Gasteiger partial charge in [-0.2, -0.15) is 13.2 Å². The Morgan fingerprint density at radius 3 is 2.26 bits per heavy atom. The van der Waals surface area contributed by atoms with Crippen molar-refractivity contribution in [2.45, 2.75) is 38.8 Å². The average Bonchev–Trinajstić information content (AvgIpc) is 2.32. The fraction of sp³-hybridized carbons (Fsp3) is 0.500. The zero-order valence-corrected chi connectivity index (χ0v) is 10.8. The van der Waals surface area contributed by atoms with Crippen molar-refractivity contribution in [3.63, 3.8) is 0 Å². The number of esters is 1. The molecule has 0 heterocycles. The fourth-order valence-electron chi connectivity index (χ4n) is 1.68. The Hall–Kier alpha value is -1.52. The van der Waals surface area contributed by atoms with Gasteiger partial charge >= 0.3 is 12.1 Å². The van der Waals surface area contributed by atoms with Crippen LogP contribution in [0.5, 0.6) is 0 Å². The van der Waals surface area contributed by atoms with Gasteiger partial charge in [-0.25, -0.2) is 0 Å². The molecule has 0 bridgehead atoms. The number of carbonyl (C=O) groups is 1. The molecule has 0 fully saturated rings. The molecule has 0 saturated heterocycles. The molecule has 0 radical (unpaired) electrons. The largest absolute Gasteiger partial charge is 0.466 e. The Morgan fingerprint density at radius 1 is 1.11 bits per heavy atom. The van der Waals surface area contributed by atoms with Crippen LogP contribution in [0.4, 0.5) is 13.2 Å². The van der Waals surface area contributed by atoms with Crippen molar-refractivity contribution >= 4 is 5.97 Å². The number of carbonyl (C=O) groups excluding carboxylic acids is 1. The summed E-state index contributed by atoms with van der Waals surface area (Å²) in [6.07, 6.45) is -1.01. The van der Waals surface area contributed by atoms with E-state index < -0.39 is 11.7 Å². The molecular formula is C14H17F3O2. The predicted molar refractivity (Wildman–Crippen MR) is 65.6 cm³/mol. The highest BCUT2D eigenvalue weighted by Crippen LogP contribution is 2.29. The molecule has 1 aromatic rings. The van der Waals surface area contributed by atoms with E-state index in [1.165, 1.54) is 19.1 Å². The van der Waals surface area contributed by atoms with Gasteiger partial charge in [-0.1, -0.05) is 12.1 Å². The third kappa shape index (κ3) is 6.27. The summed E-state index contributed by atoms with van der Waals surface area (Å²) in [7, 11) is 0. The summed E-state index contributed by atoms with van der Waals surface area (Å²) in [6, 6.07) is 5.23. The third-order valence-corrected chi connectivity index (χ3v) is 2.70. The minimum atomic E-state index is -4.28. The number of hydrogen-bond donors (Lipinski definition) is 0. The molecule has 0 N–H and O–H groups in total. The molecule has 0 unspecified atom stereocenters. The molecule has 0 aliphatic rings. The number of ether oxygens (including phenoxy) is 1. The monoisotopic (exact) mass is 274 g/mol. The zero-order valence-electron chi connectivity index (χ0n) is 10.8. The minimum absolute atomic E-state index is 0.289. The minimum Gasteiger partial charge on any atom is -0.466 e. The topological polar surface area (TPSA) is 26.3 Å². The van der Waals surface area contributed by atoms with E-state index in [4.69, 9.17) is 4.74 Å². The Balaban J connectivity index is 2.25. The molecule has 19 heavy (non-hydrogen) atoms. The molecule has 0 atom stereocenters. The Morgan fingerprint density at radius 2 is 1.74 bits per heavy atom. The molecule has 106 valence electrons. The van der Waals surface area contributed by atoms with E-state index in [1.54, 1.807) is 0 Å². The smallest absolute Gasteiger partial charge is 0.416 e. The van der Waals surface area contributed by atoms with Gasteiger partial charge in [-0.05, 0) is 43.4 Å². The molecule has 0 aliphatic heterocycles. The van der Waals surface area contributed by atoms with Crippen LogP contribution >= 0.6 is 0 Å². The number of halogens is 3. The summed E-state index contributed by atoms with van der Waals surface area (Å²) in [5.74, 6) is -0.289. The van der Waals surface area contributed by atoms with Gasteiger partial charge in [0.1, 0.15) is 0 Å². The number of hydrogen-bond acceptors (Lipinski definition) is 2. The number of unbranched alkanes of at least 4 members (excludes halogenated alkanes) is 2. The van der Waals surface area contributed by atoms with Crippen LogP contribution in [0, 0.1) is 0 Å². The van der Waals surface area contributed by atoms with Gasteiger partial charge in [0.2, 0.25) is 0 Å². The summed E-state index contributed by atoms with van der Waals surface area (Å²) in [5.41, 5.74) is 0.270. The first-order chi connectivity index (χ1) is 8.89. The second-order valence-corrected chi connectivity index (χ2v) is 4.35. The standard InChI is InChI=1S/C14H17F3O2/c1-11(18)19-10-4-2-3-5-12-6-8-13(9-7-12)14(15,16)17/h6-9H,2-5,10H2,1H3. The van der Waals surface area contributed by atoms with Crippen molar-refractivity contribution in [1.82, 2.24) is 0 Å². The molecule has 2 nitrogen and oxygen atoms in total. The van der Waals surface area contributed by atoms with Crippen molar-refractivity contribution < 1.29 is 22.7 Å². The average molecular weight is 274 g/mol. The first-order valence-electron chi connectivity index (χ1n) is 6.19. The van der Waals surface area contributed by atoms with Crippen molar-refractivity contribution in [1.29, 1.82) is 0 Å². The summed E-state index contributed by atoms with van der Waals surface area (Å²) in [4.78, 5) is 10.5. The summed E-state index contributed by atoms with van der Waals surface area (Å²) < 4.78 is 41.8. The Labute approximate surface area is 110 Å². The molecule has 0 amide bonds. The first-order valence-corrected chi connectivity index (χ1v) is 6.19. The van der Waals surface area contributed by atoms with E-state index in [9.17, 15) is 18.0 Å². The second-order valence-electron chi connectivity index (χ2n) is 4.35. The van der Waals surface area contributed by atoms with Crippen molar-refractivity contribution in [2.75, 3.05) is 6.61 Å². The quantitative estimate of drug-likeness (QED) is 0.579. The highest BCUT2D eigenvalue weighted by molar-refractivity contribution is 5.65. The highest BCUT2D eigenvalue weighted by Gasteiger charge is 2.29. The van der Waals surface area contributed by atoms with Gasteiger partial charge in [0.05, 0.1) is 12.2 Å². The fourth-order valence-corrected chi connectivity index (χ4v) is 1.68. The maximum atomic E-state index is 12.3. The molecule has 0 saturated carbocycles. The van der Waals surface area contributed by atoms with Crippen molar-refractivity contribution in [3.05, 3.63) is 35.4 Å². The maximum absolute atomic E-state index is 12.3.